The first kappa shape index (κ1) is 19.9. The molecule has 0 fully saturated rings. The van der Waals surface area contributed by atoms with Crippen molar-refractivity contribution in [3.63, 3.8) is 0 Å². The summed E-state index contributed by atoms with van der Waals surface area (Å²) in [6.45, 7) is 4.17. The maximum atomic E-state index is 12.5. The van der Waals surface area contributed by atoms with E-state index in [2.05, 4.69) is 41.4 Å². The van der Waals surface area contributed by atoms with Gasteiger partial charge in [-0.15, -0.1) is 0 Å². The van der Waals surface area contributed by atoms with E-state index in [0.717, 1.165) is 25.9 Å². The first-order chi connectivity index (χ1) is 13.6. The molecule has 2 N–H and O–H groups in total. The molecular formula is C22H26N2O4. The third kappa shape index (κ3) is 5.10. The Morgan fingerprint density at radius 2 is 1.96 bits per heavy atom. The van der Waals surface area contributed by atoms with Crippen LogP contribution in [0.3, 0.4) is 0 Å². The minimum Gasteiger partial charge on any atom is -0.482 e. The van der Waals surface area contributed by atoms with E-state index < -0.39 is 12.6 Å². The summed E-state index contributed by atoms with van der Waals surface area (Å²) in [5.41, 5.74) is 3.24. The van der Waals surface area contributed by atoms with Crippen molar-refractivity contribution in [2.24, 2.45) is 0 Å². The average Bonchev–Trinajstić information content (AvgIpc) is 2.72. The highest BCUT2D eigenvalue weighted by molar-refractivity contribution is 5.94. The van der Waals surface area contributed by atoms with E-state index in [1.54, 1.807) is 24.3 Å². The Morgan fingerprint density at radius 3 is 2.71 bits per heavy atom. The van der Waals surface area contributed by atoms with Gasteiger partial charge in [-0.1, -0.05) is 37.3 Å². The molecule has 1 unspecified atom stereocenters. The van der Waals surface area contributed by atoms with E-state index in [0.29, 0.717) is 17.9 Å². The lowest BCUT2D eigenvalue weighted by Crippen LogP contribution is -2.45. The molecule has 148 valence electrons. The van der Waals surface area contributed by atoms with Gasteiger partial charge < -0.3 is 15.2 Å². The molecule has 0 radical (unpaired) electrons. The van der Waals surface area contributed by atoms with Crippen LogP contribution < -0.4 is 10.1 Å². The van der Waals surface area contributed by atoms with Gasteiger partial charge in [-0.05, 0) is 42.2 Å². The Morgan fingerprint density at radius 1 is 1.18 bits per heavy atom. The second kappa shape index (κ2) is 9.37. The van der Waals surface area contributed by atoms with E-state index in [4.69, 9.17) is 9.84 Å². The highest BCUT2D eigenvalue weighted by atomic mass is 16.5. The van der Waals surface area contributed by atoms with E-state index in [9.17, 15) is 9.59 Å². The zero-order valence-electron chi connectivity index (χ0n) is 16.1. The minimum atomic E-state index is -1.05. The van der Waals surface area contributed by atoms with Gasteiger partial charge in [0.25, 0.3) is 5.91 Å². The van der Waals surface area contributed by atoms with Gasteiger partial charge in [-0.2, -0.15) is 0 Å². The van der Waals surface area contributed by atoms with Gasteiger partial charge >= 0.3 is 5.97 Å². The molecule has 0 bridgehead atoms. The van der Waals surface area contributed by atoms with Crippen LogP contribution in [0.1, 0.15) is 34.8 Å². The molecule has 1 heterocycles. The van der Waals surface area contributed by atoms with Crippen molar-refractivity contribution in [1.82, 2.24) is 10.2 Å². The van der Waals surface area contributed by atoms with Crippen LogP contribution >= 0.6 is 0 Å². The molecule has 28 heavy (non-hydrogen) atoms. The summed E-state index contributed by atoms with van der Waals surface area (Å²) in [5.74, 6) is -0.866. The Bertz CT molecular complexity index is 837. The van der Waals surface area contributed by atoms with E-state index in [1.165, 1.54) is 11.1 Å². The second-order valence-electron chi connectivity index (χ2n) is 6.97. The maximum absolute atomic E-state index is 12.5. The number of carbonyl (C=O) groups is 2. The largest absolute Gasteiger partial charge is 0.482 e. The van der Waals surface area contributed by atoms with Gasteiger partial charge in [-0.3, -0.25) is 9.69 Å². The predicted octanol–water partition coefficient (Wildman–Crippen LogP) is 2.72. The van der Waals surface area contributed by atoms with Crippen molar-refractivity contribution in [3.05, 3.63) is 65.2 Å². The Labute approximate surface area is 165 Å². The number of amides is 1. The number of carboxylic acids is 1. The number of benzene rings is 2. The number of hydrogen-bond acceptors (Lipinski definition) is 4. The normalized spacial score (nSPS) is 14.8. The van der Waals surface area contributed by atoms with Gasteiger partial charge in [0.2, 0.25) is 0 Å². The number of fused-ring (bicyclic) bond motifs is 1. The van der Waals surface area contributed by atoms with Crippen molar-refractivity contribution >= 4 is 11.9 Å². The maximum Gasteiger partial charge on any atom is 0.341 e. The number of hydrogen-bond donors (Lipinski definition) is 2. The SMILES string of the molecule is CCC(CNC(=O)c1cccc(OCC(=O)O)c1)N1CCc2ccccc2C1. The molecule has 0 spiro atoms. The first-order valence-electron chi connectivity index (χ1n) is 9.60. The number of carboxylic acid groups (broad SMARTS) is 1. The number of carbonyl (C=O) groups excluding carboxylic acids is 1. The predicted molar refractivity (Wildman–Crippen MR) is 107 cm³/mol. The molecule has 0 aliphatic carbocycles. The fraction of sp³-hybridized carbons (Fsp3) is 0.364. The molecular weight excluding hydrogens is 356 g/mol. The van der Waals surface area contributed by atoms with E-state index in [-0.39, 0.29) is 11.9 Å². The van der Waals surface area contributed by atoms with Crippen molar-refractivity contribution in [3.8, 4) is 5.75 Å². The highest BCUT2D eigenvalue weighted by Gasteiger charge is 2.22. The molecule has 1 aliphatic rings. The van der Waals surface area contributed by atoms with Crippen LogP contribution in [0.5, 0.6) is 5.75 Å². The van der Waals surface area contributed by atoms with Gasteiger partial charge in [0.15, 0.2) is 6.61 Å². The van der Waals surface area contributed by atoms with Crippen molar-refractivity contribution in [1.29, 1.82) is 0 Å². The van der Waals surface area contributed by atoms with Gasteiger partial charge in [0.05, 0.1) is 0 Å². The summed E-state index contributed by atoms with van der Waals surface area (Å²) < 4.78 is 5.15. The van der Waals surface area contributed by atoms with Crippen LogP contribution in [0.25, 0.3) is 0 Å². The molecule has 3 rings (SSSR count). The molecule has 1 aliphatic heterocycles. The van der Waals surface area contributed by atoms with Gasteiger partial charge in [0.1, 0.15) is 5.75 Å². The van der Waals surface area contributed by atoms with E-state index in [1.807, 2.05) is 0 Å². The quantitative estimate of drug-likeness (QED) is 0.734. The lowest BCUT2D eigenvalue weighted by atomic mass is 9.98. The van der Waals surface area contributed by atoms with Crippen molar-refractivity contribution in [2.75, 3.05) is 19.7 Å². The zero-order chi connectivity index (χ0) is 19.9. The summed E-state index contributed by atoms with van der Waals surface area (Å²) in [6, 6.07) is 15.4. The van der Waals surface area contributed by atoms with Gasteiger partial charge in [-0.25, -0.2) is 4.79 Å². The fourth-order valence-corrected chi connectivity index (χ4v) is 3.55. The first-order valence-corrected chi connectivity index (χ1v) is 9.60. The zero-order valence-corrected chi connectivity index (χ0v) is 16.1. The molecule has 6 heteroatoms. The highest BCUT2D eigenvalue weighted by Crippen LogP contribution is 2.21. The number of nitrogens with zero attached hydrogens (tertiary/aromatic N) is 1. The Hall–Kier alpha value is -2.86. The van der Waals surface area contributed by atoms with Crippen LogP contribution in [0.2, 0.25) is 0 Å². The van der Waals surface area contributed by atoms with Crippen LogP contribution in [-0.4, -0.2) is 47.6 Å². The monoisotopic (exact) mass is 382 g/mol. The average molecular weight is 382 g/mol. The smallest absolute Gasteiger partial charge is 0.341 e. The van der Waals surface area contributed by atoms with Crippen LogP contribution in [0.15, 0.2) is 48.5 Å². The summed E-state index contributed by atoms with van der Waals surface area (Å²) in [6.07, 6.45) is 1.98. The molecule has 0 saturated heterocycles. The molecule has 2 aromatic carbocycles. The minimum absolute atomic E-state index is 0.184. The number of aliphatic carboxylic acids is 1. The van der Waals surface area contributed by atoms with Crippen LogP contribution in [-0.2, 0) is 17.8 Å². The second-order valence-corrected chi connectivity index (χ2v) is 6.97. The third-order valence-corrected chi connectivity index (χ3v) is 5.10. The van der Waals surface area contributed by atoms with Crippen molar-refractivity contribution in [2.45, 2.75) is 32.4 Å². The molecule has 1 amide bonds. The topological polar surface area (TPSA) is 78.9 Å². The van der Waals surface area contributed by atoms with Crippen molar-refractivity contribution < 1.29 is 19.4 Å². The third-order valence-electron chi connectivity index (χ3n) is 5.10. The van der Waals surface area contributed by atoms with Crippen LogP contribution in [0, 0.1) is 0 Å². The van der Waals surface area contributed by atoms with Gasteiger partial charge in [0, 0.05) is 31.2 Å². The molecule has 2 aromatic rings. The lowest BCUT2D eigenvalue weighted by Gasteiger charge is -2.35. The van der Waals surface area contributed by atoms with E-state index >= 15 is 0 Å². The van der Waals surface area contributed by atoms with Crippen LogP contribution in [0.4, 0.5) is 0 Å². The molecule has 1 atom stereocenters. The number of nitrogens with one attached hydrogen (secondary N) is 1. The molecule has 6 nitrogen and oxygen atoms in total. The lowest BCUT2D eigenvalue weighted by molar-refractivity contribution is -0.139. The summed E-state index contributed by atoms with van der Waals surface area (Å²) in [4.78, 5) is 25.6. The molecule has 0 saturated carbocycles. The summed E-state index contributed by atoms with van der Waals surface area (Å²) >= 11 is 0. The fourth-order valence-electron chi connectivity index (χ4n) is 3.55. The standard InChI is InChI=1S/C22H26N2O4/c1-2-19(24-11-10-16-6-3-4-7-18(16)14-24)13-23-22(27)17-8-5-9-20(12-17)28-15-21(25)26/h3-9,12,19H,2,10-11,13-15H2,1H3,(H,23,27)(H,25,26). The molecule has 0 aromatic heterocycles. The summed E-state index contributed by atoms with van der Waals surface area (Å²) in [5, 5.41) is 11.7. The summed E-state index contributed by atoms with van der Waals surface area (Å²) in [7, 11) is 0. The Balaban J connectivity index is 1.57. The number of ether oxygens (including phenoxy) is 1. The number of rotatable bonds is 8. The Kier molecular flexibility index (Phi) is 6.66.